The Kier molecular flexibility index (Phi) is 5.71. The highest BCUT2D eigenvalue weighted by atomic mass is 32.1. The zero-order valence-electron chi connectivity index (χ0n) is 18.9. The summed E-state index contributed by atoms with van der Waals surface area (Å²) in [6.07, 6.45) is 0.446. The first kappa shape index (κ1) is 22.0. The molecule has 1 aromatic heterocycles. The maximum absolute atomic E-state index is 13.7. The lowest BCUT2D eigenvalue weighted by molar-refractivity contribution is -0.121. The Morgan fingerprint density at radius 3 is 2.32 bits per heavy atom. The molecule has 1 aliphatic rings. The fraction of sp³-hybridized carbons (Fsp3) is 0.185. The van der Waals surface area contributed by atoms with E-state index in [9.17, 15) is 14.4 Å². The Morgan fingerprint density at radius 1 is 0.971 bits per heavy atom. The van der Waals surface area contributed by atoms with Crippen molar-refractivity contribution in [2.24, 2.45) is 0 Å². The number of hydrogen-bond donors (Lipinski definition) is 0. The van der Waals surface area contributed by atoms with E-state index in [2.05, 4.69) is 13.0 Å². The Morgan fingerprint density at radius 2 is 1.65 bits per heavy atom. The molecule has 0 bridgehead atoms. The van der Waals surface area contributed by atoms with Gasteiger partial charge in [-0.2, -0.15) is 0 Å². The van der Waals surface area contributed by atoms with Crippen molar-refractivity contribution in [2.75, 3.05) is 9.80 Å². The van der Waals surface area contributed by atoms with Crippen molar-refractivity contribution in [1.82, 2.24) is 4.98 Å². The van der Waals surface area contributed by atoms with E-state index >= 15 is 0 Å². The highest BCUT2D eigenvalue weighted by Gasteiger charge is 2.30. The van der Waals surface area contributed by atoms with Crippen molar-refractivity contribution in [3.8, 4) is 0 Å². The molecular weight excluding hydrogens is 446 g/mol. The number of amides is 3. The van der Waals surface area contributed by atoms with Crippen molar-refractivity contribution >= 4 is 50.1 Å². The fourth-order valence-corrected chi connectivity index (χ4v) is 5.26. The summed E-state index contributed by atoms with van der Waals surface area (Å²) in [7, 11) is 0. The number of thiazole rings is 1. The molecule has 0 unspecified atom stereocenters. The van der Waals surface area contributed by atoms with Crippen LogP contribution >= 0.6 is 11.3 Å². The van der Waals surface area contributed by atoms with Gasteiger partial charge < -0.3 is 0 Å². The number of anilines is 2. The molecule has 1 saturated heterocycles. The van der Waals surface area contributed by atoms with Gasteiger partial charge in [-0.15, -0.1) is 0 Å². The molecule has 3 aromatic carbocycles. The molecule has 7 heteroatoms. The summed E-state index contributed by atoms with van der Waals surface area (Å²) in [6, 6.07) is 20.6. The summed E-state index contributed by atoms with van der Waals surface area (Å²) in [5.41, 5.74) is 5.09. The van der Waals surface area contributed by atoms with Crippen LogP contribution in [0.5, 0.6) is 0 Å². The summed E-state index contributed by atoms with van der Waals surface area (Å²) in [5, 5.41) is 0.631. The average Bonchev–Trinajstić information content (AvgIpc) is 3.40. The van der Waals surface area contributed by atoms with Gasteiger partial charge in [-0.25, -0.2) is 4.98 Å². The van der Waals surface area contributed by atoms with Gasteiger partial charge >= 0.3 is 0 Å². The van der Waals surface area contributed by atoms with Crippen molar-refractivity contribution in [2.45, 2.75) is 33.2 Å². The van der Waals surface area contributed by atoms with E-state index in [1.165, 1.54) is 16.2 Å². The van der Waals surface area contributed by atoms with Crippen molar-refractivity contribution in [3.05, 3.63) is 89.0 Å². The molecule has 5 rings (SSSR count). The van der Waals surface area contributed by atoms with Crippen LogP contribution in [0.2, 0.25) is 0 Å². The Balaban J connectivity index is 1.51. The number of carbonyl (C=O) groups excluding carboxylic acids is 3. The number of carbonyl (C=O) groups is 3. The second-order valence-corrected chi connectivity index (χ2v) is 9.45. The van der Waals surface area contributed by atoms with Gasteiger partial charge in [0.15, 0.2) is 5.13 Å². The quantitative estimate of drug-likeness (QED) is 0.366. The molecule has 34 heavy (non-hydrogen) atoms. The maximum Gasteiger partial charge on any atom is 0.260 e. The van der Waals surface area contributed by atoms with Crippen LogP contribution in [0.1, 0.15) is 39.9 Å². The molecule has 0 saturated carbocycles. The second kappa shape index (κ2) is 8.83. The molecular formula is C27H23N3O3S. The maximum atomic E-state index is 13.7. The van der Waals surface area contributed by atoms with Gasteiger partial charge in [0.25, 0.3) is 5.91 Å². The van der Waals surface area contributed by atoms with Gasteiger partial charge in [0.2, 0.25) is 11.8 Å². The number of fused-ring (bicyclic) bond motifs is 1. The predicted molar refractivity (Wildman–Crippen MR) is 134 cm³/mol. The molecule has 3 amide bonds. The smallest absolute Gasteiger partial charge is 0.260 e. The van der Waals surface area contributed by atoms with Crippen LogP contribution in [0.15, 0.2) is 66.7 Å². The average molecular weight is 470 g/mol. The number of imide groups is 1. The number of nitrogens with zero attached hydrogens (tertiary/aromatic N) is 3. The third-order valence-electron chi connectivity index (χ3n) is 5.89. The van der Waals surface area contributed by atoms with Gasteiger partial charge in [0.05, 0.1) is 22.4 Å². The molecule has 0 N–H and O–H groups in total. The van der Waals surface area contributed by atoms with Crippen LogP contribution in [0.3, 0.4) is 0 Å². The predicted octanol–water partition coefficient (Wildman–Crippen LogP) is 5.41. The minimum absolute atomic E-state index is 0.192. The van der Waals surface area contributed by atoms with Gasteiger partial charge in [0, 0.05) is 18.4 Å². The summed E-state index contributed by atoms with van der Waals surface area (Å²) in [5.74, 6) is -0.618. The van der Waals surface area contributed by atoms with Crippen molar-refractivity contribution in [3.63, 3.8) is 0 Å². The number of benzene rings is 3. The third kappa shape index (κ3) is 4.10. The summed E-state index contributed by atoms with van der Waals surface area (Å²) < 4.78 is 1.06. The van der Waals surface area contributed by atoms with E-state index in [4.69, 9.17) is 4.98 Å². The first-order chi connectivity index (χ1) is 16.4. The topological polar surface area (TPSA) is 70.6 Å². The SMILES string of the molecule is Cc1cc(C)c2sc(N(Cc3ccccc3)C(=O)c3ccc(N4C(=O)CCC4=O)cc3)nc2c1. The van der Waals surface area contributed by atoms with E-state index in [0.717, 1.165) is 26.9 Å². The summed E-state index contributed by atoms with van der Waals surface area (Å²) >= 11 is 1.50. The lowest BCUT2D eigenvalue weighted by atomic mass is 10.1. The molecule has 2 heterocycles. The number of aryl methyl sites for hydroxylation is 2. The molecule has 0 atom stereocenters. The van der Waals surface area contributed by atoms with Crippen LogP contribution < -0.4 is 9.80 Å². The van der Waals surface area contributed by atoms with E-state index in [1.807, 2.05) is 43.3 Å². The van der Waals surface area contributed by atoms with Crippen LogP contribution in [-0.2, 0) is 16.1 Å². The third-order valence-corrected chi connectivity index (χ3v) is 7.12. The normalized spacial score (nSPS) is 13.6. The lowest BCUT2D eigenvalue weighted by Crippen LogP contribution is -2.31. The molecule has 6 nitrogen and oxygen atoms in total. The van der Waals surface area contributed by atoms with Gasteiger partial charge in [-0.3, -0.25) is 24.2 Å². The first-order valence-corrected chi connectivity index (χ1v) is 11.9. The van der Waals surface area contributed by atoms with Crippen LogP contribution in [0, 0.1) is 13.8 Å². The zero-order chi connectivity index (χ0) is 23.8. The van der Waals surface area contributed by atoms with Gasteiger partial charge in [-0.1, -0.05) is 47.7 Å². The van der Waals surface area contributed by atoms with Crippen LogP contribution in [0.25, 0.3) is 10.2 Å². The molecule has 4 aromatic rings. The van der Waals surface area contributed by atoms with E-state index in [1.54, 1.807) is 29.2 Å². The summed E-state index contributed by atoms with van der Waals surface area (Å²) in [6.45, 7) is 4.47. The minimum atomic E-state index is -0.213. The van der Waals surface area contributed by atoms with E-state index < -0.39 is 0 Å². The Bertz CT molecular complexity index is 1390. The van der Waals surface area contributed by atoms with Gasteiger partial charge in [-0.05, 0) is 60.9 Å². The minimum Gasteiger partial charge on any atom is -0.279 e. The zero-order valence-corrected chi connectivity index (χ0v) is 19.8. The number of hydrogen-bond acceptors (Lipinski definition) is 5. The van der Waals surface area contributed by atoms with Crippen LogP contribution in [0.4, 0.5) is 10.8 Å². The number of aromatic nitrogens is 1. The van der Waals surface area contributed by atoms with E-state index in [0.29, 0.717) is 22.9 Å². The highest BCUT2D eigenvalue weighted by Crippen LogP contribution is 2.34. The van der Waals surface area contributed by atoms with Crippen molar-refractivity contribution < 1.29 is 14.4 Å². The molecule has 1 aliphatic heterocycles. The molecule has 1 fully saturated rings. The monoisotopic (exact) mass is 469 g/mol. The Hall–Kier alpha value is -3.84. The molecule has 0 spiro atoms. The van der Waals surface area contributed by atoms with Gasteiger partial charge in [0.1, 0.15) is 0 Å². The lowest BCUT2D eigenvalue weighted by Gasteiger charge is -2.21. The first-order valence-electron chi connectivity index (χ1n) is 11.1. The largest absolute Gasteiger partial charge is 0.279 e. The van der Waals surface area contributed by atoms with Crippen LogP contribution in [-0.4, -0.2) is 22.7 Å². The molecule has 0 radical (unpaired) electrons. The highest BCUT2D eigenvalue weighted by molar-refractivity contribution is 7.22. The fourth-order valence-electron chi connectivity index (χ4n) is 4.25. The standard InChI is InChI=1S/C27H23N3O3S/c1-17-14-18(2)25-22(15-17)28-27(34-25)29(16-19-6-4-3-5-7-19)26(33)20-8-10-21(11-9-20)30-23(31)12-13-24(30)32/h3-11,14-15H,12-13,16H2,1-2H3. The van der Waals surface area contributed by atoms with E-state index in [-0.39, 0.29) is 30.6 Å². The number of rotatable bonds is 5. The molecule has 170 valence electrons. The summed E-state index contributed by atoms with van der Waals surface area (Å²) in [4.78, 5) is 45.5. The molecule has 0 aliphatic carbocycles. The van der Waals surface area contributed by atoms with Crippen molar-refractivity contribution in [1.29, 1.82) is 0 Å². The second-order valence-electron chi connectivity index (χ2n) is 8.47. The Labute approximate surface area is 201 Å².